The molecule has 98 valence electrons. The maximum Gasteiger partial charge on any atom is 0.292 e. The van der Waals surface area contributed by atoms with E-state index < -0.39 is 21.2 Å². The number of thiol groups is 1. The summed E-state index contributed by atoms with van der Waals surface area (Å²) in [4.78, 5) is 30.6. The van der Waals surface area contributed by atoms with Gasteiger partial charge in [0, 0.05) is 0 Å². The van der Waals surface area contributed by atoms with Crippen molar-refractivity contribution in [3.63, 3.8) is 0 Å². The first-order chi connectivity index (χ1) is 8.93. The van der Waals surface area contributed by atoms with Crippen molar-refractivity contribution >= 4 is 30.3 Å². The van der Waals surface area contributed by atoms with Crippen molar-refractivity contribution in [2.45, 2.75) is 4.90 Å². The summed E-state index contributed by atoms with van der Waals surface area (Å²) in [5, 5.41) is 21.6. The lowest BCUT2D eigenvalue weighted by Gasteiger charge is -2.03. The molecule has 0 amide bonds. The van der Waals surface area contributed by atoms with Crippen molar-refractivity contribution < 1.29 is 14.6 Å². The molecular formula is C10H7N3O5S. The highest BCUT2D eigenvalue weighted by molar-refractivity contribution is 7.80. The molecule has 0 spiro atoms. The van der Waals surface area contributed by atoms with Crippen LogP contribution in [-0.4, -0.2) is 22.7 Å². The summed E-state index contributed by atoms with van der Waals surface area (Å²) in [6.07, 6.45) is 0.239. The summed E-state index contributed by atoms with van der Waals surface area (Å²) in [6.45, 7) is -0.0751. The Balaban J connectivity index is 3.78. The number of aldehydes is 1. The van der Waals surface area contributed by atoms with Crippen LogP contribution in [0.15, 0.2) is 11.0 Å². The van der Waals surface area contributed by atoms with Gasteiger partial charge in [-0.2, -0.15) is 0 Å². The molecule has 0 radical (unpaired) electrons. The van der Waals surface area contributed by atoms with Crippen molar-refractivity contribution in [3.05, 3.63) is 37.4 Å². The van der Waals surface area contributed by atoms with Crippen LogP contribution in [0.4, 0.5) is 11.4 Å². The molecule has 19 heavy (non-hydrogen) atoms. The minimum atomic E-state index is -0.859. The van der Waals surface area contributed by atoms with E-state index in [1.807, 2.05) is 0 Å². The second-order valence-electron chi connectivity index (χ2n) is 3.19. The Morgan fingerprint density at radius 1 is 1.32 bits per heavy atom. The van der Waals surface area contributed by atoms with Crippen LogP contribution in [0.25, 0.3) is 0 Å². The average molecular weight is 281 g/mol. The van der Waals surface area contributed by atoms with Crippen molar-refractivity contribution in [2.24, 2.45) is 5.73 Å². The Labute approximate surface area is 112 Å². The van der Waals surface area contributed by atoms with Gasteiger partial charge in [0.2, 0.25) is 0 Å². The maximum absolute atomic E-state index is 11.0. The highest BCUT2D eigenvalue weighted by Gasteiger charge is 2.27. The first-order valence-corrected chi connectivity index (χ1v) is 5.21. The van der Waals surface area contributed by atoms with Gasteiger partial charge in [0.25, 0.3) is 11.4 Å². The van der Waals surface area contributed by atoms with Crippen LogP contribution in [0.2, 0.25) is 0 Å². The number of nitro groups is 2. The summed E-state index contributed by atoms with van der Waals surface area (Å²) in [5.74, 6) is 4.72. The number of nitro benzene ring substituents is 2. The Kier molecular flexibility index (Phi) is 4.57. The summed E-state index contributed by atoms with van der Waals surface area (Å²) in [7, 11) is 0. The van der Waals surface area contributed by atoms with E-state index in [1.54, 1.807) is 0 Å². The molecule has 0 unspecified atom stereocenters. The van der Waals surface area contributed by atoms with Gasteiger partial charge in [0.15, 0.2) is 6.29 Å². The predicted molar refractivity (Wildman–Crippen MR) is 68.3 cm³/mol. The molecule has 0 aliphatic rings. The largest absolute Gasteiger partial charge is 0.320 e. The van der Waals surface area contributed by atoms with E-state index in [0.29, 0.717) is 0 Å². The zero-order valence-corrected chi connectivity index (χ0v) is 10.2. The molecule has 0 bridgehead atoms. The number of benzene rings is 1. The van der Waals surface area contributed by atoms with Crippen LogP contribution in [0.5, 0.6) is 0 Å². The van der Waals surface area contributed by atoms with Crippen LogP contribution in [0.3, 0.4) is 0 Å². The third-order valence-electron chi connectivity index (χ3n) is 2.12. The minimum Gasteiger partial charge on any atom is -0.320 e. The van der Waals surface area contributed by atoms with Gasteiger partial charge in [0.05, 0.1) is 32.9 Å². The Morgan fingerprint density at radius 3 is 2.32 bits per heavy atom. The monoisotopic (exact) mass is 281 g/mol. The van der Waals surface area contributed by atoms with Gasteiger partial charge < -0.3 is 5.73 Å². The van der Waals surface area contributed by atoms with E-state index in [-0.39, 0.29) is 28.9 Å². The smallest absolute Gasteiger partial charge is 0.292 e. The molecule has 0 heterocycles. The molecule has 0 saturated heterocycles. The summed E-state index contributed by atoms with van der Waals surface area (Å²) in [5.41, 5.74) is 3.35. The van der Waals surface area contributed by atoms with Crippen molar-refractivity contribution in [1.82, 2.24) is 0 Å². The number of carbonyl (C=O) groups excluding carboxylic acids is 1. The third-order valence-corrected chi connectivity index (χ3v) is 2.59. The molecule has 0 fully saturated rings. The zero-order valence-electron chi connectivity index (χ0n) is 9.32. The van der Waals surface area contributed by atoms with Gasteiger partial charge in [-0.1, -0.05) is 11.8 Å². The molecule has 1 aromatic carbocycles. The third kappa shape index (κ3) is 2.87. The summed E-state index contributed by atoms with van der Waals surface area (Å²) in [6, 6.07) is 0.718. The van der Waals surface area contributed by atoms with E-state index in [9.17, 15) is 25.0 Å². The summed E-state index contributed by atoms with van der Waals surface area (Å²) >= 11 is 3.84. The highest BCUT2D eigenvalue weighted by Crippen LogP contribution is 2.34. The lowest BCUT2D eigenvalue weighted by atomic mass is 10.1. The van der Waals surface area contributed by atoms with Crippen LogP contribution in [-0.2, 0) is 0 Å². The lowest BCUT2D eigenvalue weighted by molar-refractivity contribution is -0.396. The van der Waals surface area contributed by atoms with Crippen LogP contribution in [0.1, 0.15) is 15.9 Å². The standard InChI is InChI=1S/C10H7N3O5S/c11-3-1-2-6-7(5-14)10(19)9(13(17)18)4-8(6)12(15)16/h4-5,19H,3,11H2. The fourth-order valence-electron chi connectivity index (χ4n) is 1.33. The first-order valence-electron chi connectivity index (χ1n) is 4.76. The fraction of sp³-hybridized carbons (Fsp3) is 0.100. The normalized spacial score (nSPS) is 9.37. The molecule has 0 aliphatic heterocycles. The quantitative estimate of drug-likeness (QED) is 0.278. The van der Waals surface area contributed by atoms with Crippen molar-refractivity contribution in [3.8, 4) is 11.8 Å². The molecule has 1 aromatic rings. The molecule has 2 N–H and O–H groups in total. The van der Waals surface area contributed by atoms with Gasteiger partial charge in [-0.3, -0.25) is 25.0 Å². The minimum absolute atomic E-state index is 0.0751. The van der Waals surface area contributed by atoms with Gasteiger partial charge in [-0.25, -0.2) is 0 Å². The van der Waals surface area contributed by atoms with Crippen LogP contribution < -0.4 is 5.73 Å². The van der Waals surface area contributed by atoms with Gasteiger partial charge in [-0.05, 0) is 0 Å². The fourth-order valence-corrected chi connectivity index (χ4v) is 1.64. The first kappa shape index (κ1) is 14.6. The number of nitrogens with two attached hydrogens (primary N) is 1. The Hall–Kier alpha value is -2.44. The molecular weight excluding hydrogens is 274 g/mol. The second kappa shape index (κ2) is 5.94. The number of nitrogens with zero attached hydrogens (tertiary/aromatic N) is 2. The zero-order chi connectivity index (χ0) is 14.6. The van der Waals surface area contributed by atoms with Crippen LogP contribution in [0, 0.1) is 32.1 Å². The van der Waals surface area contributed by atoms with Crippen molar-refractivity contribution in [2.75, 3.05) is 6.54 Å². The van der Waals surface area contributed by atoms with E-state index in [1.165, 1.54) is 0 Å². The van der Waals surface area contributed by atoms with E-state index in [0.717, 1.165) is 6.07 Å². The molecule has 0 atom stereocenters. The van der Waals surface area contributed by atoms with Gasteiger partial charge in [0.1, 0.15) is 5.56 Å². The van der Waals surface area contributed by atoms with Gasteiger partial charge in [-0.15, -0.1) is 12.6 Å². The maximum atomic E-state index is 11.0. The number of hydrogen-bond donors (Lipinski definition) is 2. The van der Waals surface area contributed by atoms with Crippen molar-refractivity contribution in [1.29, 1.82) is 0 Å². The molecule has 0 aliphatic carbocycles. The highest BCUT2D eigenvalue weighted by atomic mass is 32.1. The molecule has 1 rings (SSSR count). The molecule has 8 nitrogen and oxygen atoms in total. The molecule has 9 heteroatoms. The lowest BCUT2D eigenvalue weighted by Crippen LogP contribution is -2.03. The average Bonchev–Trinajstić information content (AvgIpc) is 2.35. The molecule has 0 saturated carbocycles. The second-order valence-corrected chi connectivity index (χ2v) is 3.64. The van der Waals surface area contributed by atoms with E-state index in [4.69, 9.17) is 5.73 Å². The van der Waals surface area contributed by atoms with E-state index in [2.05, 4.69) is 24.5 Å². The summed E-state index contributed by atoms with van der Waals surface area (Å²) < 4.78 is 0. The van der Waals surface area contributed by atoms with Crippen LogP contribution >= 0.6 is 12.6 Å². The van der Waals surface area contributed by atoms with Gasteiger partial charge >= 0.3 is 0 Å². The SMILES string of the molecule is NCC#Cc1c([N+](=O)[O-])cc([N+](=O)[O-])c(S)c1C=O. The van der Waals surface area contributed by atoms with E-state index >= 15 is 0 Å². The Morgan fingerprint density at radius 2 is 1.89 bits per heavy atom. The Bertz CT molecular complexity index is 632. The topological polar surface area (TPSA) is 129 Å². The molecule has 0 aromatic heterocycles. The predicted octanol–water partition coefficient (Wildman–Crippen LogP) is 0.914. The number of rotatable bonds is 3. The number of carbonyl (C=O) groups is 1. The number of hydrogen-bond acceptors (Lipinski definition) is 7.